The molecule has 37 heavy (non-hydrogen) atoms. The maximum absolute atomic E-state index is 12.4. The number of pyridine rings is 1. The fourth-order valence-electron chi connectivity index (χ4n) is 4.63. The van der Waals surface area contributed by atoms with Crippen molar-refractivity contribution in [2.45, 2.75) is 45.6 Å². The molecule has 0 aliphatic carbocycles. The Morgan fingerprint density at radius 1 is 1.08 bits per heavy atom. The third kappa shape index (κ3) is 4.99. The molecule has 0 saturated carbocycles. The van der Waals surface area contributed by atoms with Crippen molar-refractivity contribution in [3.8, 4) is 0 Å². The maximum Gasteiger partial charge on any atom is 0.271 e. The molecule has 2 aliphatic heterocycles. The van der Waals surface area contributed by atoms with Crippen LogP contribution in [0.2, 0.25) is 0 Å². The second-order valence-corrected chi connectivity index (χ2v) is 11.3. The van der Waals surface area contributed by atoms with Crippen molar-refractivity contribution < 1.29 is 4.74 Å². The number of hydrogen-bond donors (Lipinski definition) is 2. The average molecular weight is 530 g/mol. The van der Waals surface area contributed by atoms with Crippen molar-refractivity contribution in [3.05, 3.63) is 94.4 Å². The molecule has 0 spiro atoms. The molecule has 2 aliphatic rings. The van der Waals surface area contributed by atoms with E-state index in [1.165, 1.54) is 25.1 Å². The third-order valence-electron chi connectivity index (χ3n) is 6.56. The highest BCUT2D eigenvalue weighted by Crippen LogP contribution is 2.51. The zero-order valence-electron chi connectivity index (χ0n) is 20.6. The zero-order chi connectivity index (χ0) is 25.4. The molecule has 0 radical (unpaired) electrons. The predicted octanol–water partition coefficient (Wildman–Crippen LogP) is 5.84. The number of rotatable bonds is 5. The highest BCUT2D eigenvalue weighted by molar-refractivity contribution is 8.05. The number of nitrogens with one attached hydrogen (secondary N) is 2. The van der Waals surface area contributed by atoms with E-state index in [2.05, 4.69) is 68.5 Å². The molecule has 0 amide bonds. The summed E-state index contributed by atoms with van der Waals surface area (Å²) in [5, 5.41) is 3.56. The van der Waals surface area contributed by atoms with E-state index >= 15 is 0 Å². The van der Waals surface area contributed by atoms with E-state index in [0.29, 0.717) is 25.4 Å². The average Bonchev–Trinajstić information content (AvgIpc) is 2.92. The van der Waals surface area contributed by atoms with Crippen LogP contribution in [-0.4, -0.2) is 34.6 Å². The Labute approximate surface area is 224 Å². The van der Waals surface area contributed by atoms with Gasteiger partial charge in [-0.3, -0.25) is 14.8 Å². The molecule has 9 heteroatoms. The first kappa shape index (κ1) is 24.1. The topological polar surface area (TPSA) is 83.1 Å². The van der Waals surface area contributed by atoms with Crippen LogP contribution in [0.1, 0.15) is 36.0 Å². The van der Waals surface area contributed by atoms with Gasteiger partial charge in [-0.25, -0.2) is 0 Å². The molecular weight excluding hydrogens is 502 g/mol. The van der Waals surface area contributed by atoms with Gasteiger partial charge in [0, 0.05) is 50.8 Å². The Kier molecular flexibility index (Phi) is 6.67. The van der Waals surface area contributed by atoms with E-state index in [-0.39, 0.29) is 17.7 Å². The Hall–Kier alpha value is -3.27. The van der Waals surface area contributed by atoms with Crippen LogP contribution in [0.25, 0.3) is 0 Å². The van der Waals surface area contributed by atoms with Gasteiger partial charge in [0.05, 0.1) is 30.2 Å². The SMILES string of the molecule is Cc1cnc(C(C)Nc2ccc3c(c2)Sc2cccc(C4CN(c5ccc[nH]c5=O)CCO4)c2S3)cn1. The molecule has 1 saturated heterocycles. The molecule has 2 N–H and O–H groups in total. The fraction of sp³-hybridized carbons (Fsp3) is 0.250. The van der Waals surface area contributed by atoms with Crippen molar-refractivity contribution in [2.24, 2.45) is 0 Å². The number of anilines is 2. The van der Waals surface area contributed by atoms with E-state index in [0.717, 1.165) is 17.1 Å². The van der Waals surface area contributed by atoms with Crippen molar-refractivity contribution in [1.29, 1.82) is 0 Å². The van der Waals surface area contributed by atoms with Gasteiger partial charge in [0.15, 0.2) is 0 Å². The lowest BCUT2D eigenvalue weighted by molar-refractivity contribution is 0.0378. The number of ether oxygens (including phenoxy) is 1. The third-order valence-corrected chi connectivity index (χ3v) is 9.18. The van der Waals surface area contributed by atoms with Crippen LogP contribution in [0.15, 0.2) is 91.5 Å². The molecule has 4 aromatic rings. The highest BCUT2D eigenvalue weighted by Gasteiger charge is 2.29. The molecule has 2 aromatic carbocycles. The number of aromatic nitrogens is 3. The molecule has 0 bridgehead atoms. The standard InChI is InChI=1S/C28H27N5O2S2/c1-17-14-31-21(15-30-17)18(2)32-19-8-9-24-26(13-19)36-25-7-3-5-20(27(25)37-24)23-16-33(11-12-35-23)22-6-4-10-29-28(22)34/h3-10,13-15,18,23,32H,11-12,16H2,1-2H3,(H,29,34). The normalized spacial score (nSPS) is 17.6. The lowest BCUT2D eigenvalue weighted by atomic mass is 10.1. The fourth-order valence-corrected chi connectivity index (χ4v) is 7.08. The van der Waals surface area contributed by atoms with Crippen LogP contribution in [0.4, 0.5) is 11.4 Å². The Balaban J connectivity index is 1.22. The van der Waals surface area contributed by atoms with Crippen molar-refractivity contribution in [1.82, 2.24) is 15.0 Å². The number of H-pyrrole nitrogens is 1. The lowest BCUT2D eigenvalue weighted by Crippen LogP contribution is -2.41. The molecule has 4 heterocycles. The van der Waals surface area contributed by atoms with Crippen LogP contribution in [0.3, 0.4) is 0 Å². The Morgan fingerprint density at radius 3 is 2.84 bits per heavy atom. The van der Waals surface area contributed by atoms with E-state index in [4.69, 9.17) is 4.74 Å². The lowest BCUT2D eigenvalue weighted by Gasteiger charge is -2.35. The van der Waals surface area contributed by atoms with Crippen LogP contribution in [-0.2, 0) is 4.74 Å². The summed E-state index contributed by atoms with van der Waals surface area (Å²) >= 11 is 3.58. The molecular formula is C28H27N5O2S2. The van der Waals surface area contributed by atoms with Gasteiger partial charge >= 0.3 is 0 Å². The van der Waals surface area contributed by atoms with Crippen LogP contribution < -0.4 is 15.8 Å². The van der Waals surface area contributed by atoms with Gasteiger partial charge in [0.1, 0.15) is 11.8 Å². The van der Waals surface area contributed by atoms with Gasteiger partial charge in [0.2, 0.25) is 0 Å². The van der Waals surface area contributed by atoms with Gasteiger partial charge in [-0.1, -0.05) is 35.7 Å². The number of fused-ring (bicyclic) bond motifs is 2. The summed E-state index contributed by atoms with van der Waals surface area (Å²) in [4.78, 5) is 31.1. The van der Waals surface area contributed by atoms with Crippen molar-refractivity contribution in [3.63, 3.8) is 0 Å². The molecule has 6 rings (SSSR count). The van der Waals surface area contributed by atoms with E-state index in [1.54, 1.807) is 35.9 Å². The van der Waals surface area contributed by atoms with Crippen LogP contribution in [0, 0.1) is 6.92 Å². The zero-order valence-corrected chi connectivity index (χ0v) is 22.2. The van der Waals surface area contributed by atoms with Crippen LogP contribution in [0.5, 0.6) is 0 Å². The monoisotopic (exact) mass is 529 g/mol. The summed E-state index contributed by atoms with van der Waals surface area (Å²) < 4.78 is 6.22. The summed E-state index contributed by atoms with van der Waals surface area (Å²) in [6.07, 6.45) is 5.20. The van der Waals surface area contributed by atoms with Crippen molar-refractivity contribution in [2.75, 3.05) is 29.9 Å². The van der Waals surface area contributed by atoms with Gasteiger partial charge in [0.25, 0.3) is 5.56 Å². The van der Waals surface area contributed by atoms with Gasteiger partial charge < -0.3 is 19.9 Å². The van der Waals surface area contributed by atoms with E-state index in [9.17, 15) is 4.79 Å². The summed E-state index contributed by atoms with van der Waals surface area (Å²) in [5.41, 5.74) is 4.69. The summed E-state index contributed by atoms with van der Waals surface area (Å²) in [6.45, 7) is 5.96. The number of nitrogens with zero attached hydrogens (tertiary/aromatic N) is 3. The molecule has 2 atom stereocenters. The first-order chi connectivity index (χ1) is 18.0. The summed E-state index contributed by atoms with van der Waals surface area (Å²) in [5.74, 6) is 0. The number of benzene rings is 2. The second-order valence-electron chi connectivity index (χ2n) is 9.18. The summed E-state index contributed by atoms with van der Waals surface area (Å²) in [7, 11) is 0. The molecule has 188 valence electrons. The predicted molar refractivity (Wildman–Crippen MR) is 148 cm³/mol. The van der Waals surface area contributed by atoms with Crippen LogP contribution >= 0.6 is 23.5 Å². The Bertz CT molecular complexity index is 1490. The molecule has 2 aromatic heterocycles. The largest absolute Gasteiger partial charge is 0.377 e. The quantitative estimate of drug-likeness (QED) is 0.294. The molecule has 7 nitrogen and oxygen atoms in total. The highest BCUT2D eigenvalue weighted by atomic mass is 32.2. The minimum atomic E-state index is -0.102. The molecule has 2 unspecified atom stereocenters. The first-order valence-electron chi connectivity index (χ1n) is 12.3. The second kappa shape index (κ2) is 10.2. The number of hydrogen-bond acceptors (Lipinski definition) is 8. The number of aromatic amines is 1. The smallest absolute Gasteiger partial charge is 0.271 e. The van der Waals surface area contributed by atoms with Crippen molar-refractivity contribution >= 4 is 34.9 Å². The maximum atomic E-state index is 12.4. The van der Waals surface area contributed by atoms with Gasteiger partial charge in [-0.15, -0.1) is 0 Å². The van der Waals surface area contributed by atoms with E-state index < -0.39 is 0 Å². The van der Waals surface area contributed by atoms with Gasteiger partial charge in [-0.05, 0) is 55.8 Å². The van der Waals surface area contributed by atoms with E-state index in [1.807, 2.05) is 25.3 Å². The number of morpholine rings is 1. The first-order valence-corrected chi connectivity index (χ1v) is 13.9. The van der Waals surface area contributed by atoms with Gasteiger partial charge in [-0.2, -0.15) is 0 Å². The minimum absolute atomic E-state index is 0.0505. The summed E-state index contributed by atoms with van der Waals surface area (Å²) in [6, 6.07) is 16.7. The number of aryl methyl sites for hydroxylation is 1. The molecule has 1 fully saturated rings. The minimum Gasteiger partial charge on any atom is -0.377 e. The Morgan fingerprint density at radius 2 is 2.00 bits per heavy atom.